The molecule has 2 rings (SSSR count). The Morgan fingerprint density at radius 3 is 2.19 bits per heavy atom. The Labute approximate surface area is 158 Å². The monoisotopic (exact) mass is 369 g/mol. The lowest BCUT2D eigenvalue weighted by atomic mass is 9.95. The third-order valence-electron chi connectivity index (χ3n) is 3.75. The molecule has 1 heterocycles. The number of Topliss-reactive ketones (excluding diaryl/α,β-unsaturated/α-hetero) is 1. The number of hydrogen-bond acceptors (Lipinski definition) is 6. The van der Waals surface area contributed by atoms with Crippen LogP contribution in [0.2, 0.25) is 0 Å². The molecule has 0 aliphatic heterocycles. The van der Waals surface area contributed by atoms with Gasteiger partial charge < -0.3 is 10.1 Å². The predicted molar refractivity (Wildman–Crippen MR) is 101 cm³/mol. The summed E-state index contributed by atoms with van der Waals surface area (Å²) in [5, 5.41) is 2.78. The Kier molecular flexibility index (Phi) is 6.05. The first-order valence-electron chi connectivity index (χ1n) is 8.53. The van der Waals surface area contributed by atoms with Crippen LogP contribution in [-0.4, -0.2) is 33.7 Å². The number of aromatic nitrogens is 2. The Balaban J connectivity index is 2.01. The minimum Gasteiger partial charge on any atom is -0.449 e. The fraction of sp³-hybridized carbons (Fsp3) is 0.350. The highest BCUT2D eigenvalue weighted by atomic mass is 16.5. The summed E-state index contributed by atoms with van der Waals surface area (Å²) in [6, 6.07) is 6.43. The lowest BCUT2D eigenvalue weighted by Gasteiger charge is -2.18. The van der Waals surface area contributed by atoms with Crippen LogP contribution in [0.1, 0.15) is 54.2 Å². The minimum absolute atomic E-state index is 0.0421. The van der Waals surface area contributed by atoms with Crippen molar-refractivity contribution >= 4 is 23.3 Å². The van der Waals surface area contributed by atoms with Gasteiger partial charge in [-0.15, -0.1) is 0 Å². The fourth-order valence-corrected chi connectivity index (χ4v) is 2.04. The molecule has 0 aliphatic carbocycles. The van der Waals surface area contributed by atoms with Gasteiger partial charge in [0.05, 0.1) is 11.9 Å². The van der Waals surface area contributed by atoms with Gasteiger partial charge in [-0.2, -0.15) is 0 Å². The van der Waals surface area contributed by atoms with Crippen LogP contribution in [-0.2, 0) is 9.53 Å². The Bertz CT molecular complexity index is 837. The molecule has 7 heteroatoms. The van der Waals surface area contributed by atoms with Crippen LogP contribution in [0.15, 0.2) is 36.7 Å². The number of nitrogens with one attached hydrogen (secondary N) is 1. The number of benzene rings is 1. The smallest absolute Gasteiger partial charge is 0.359 e. The number of anilines is 1. The first-order chi connectivity index (χ1) is 12.6. The van der Waals surface area contributed by atoms with E-state index in [0.29, 0.717) is 16.9 Å². The van der Waals surface area contributed by atoms with Gasteiger partial charge in [-0.05, 0) is 38.1 Å². The average Bonchev–Trinajstić information content (AvgIpc) is 2.61. The van der Waals surface area contributed by atoms with Crippen molar-refractivity contribution in [1.82, 2.24) is 9.97 Å². The van der Waals surface area contributed by atoms with Crippen LogP contribution in [0.5, 0.6) is 0 Å². The number of rotatable bonds is 5. The van der Waals surface area contributed by atoms with E-state index < -0.39 is 17.5 Å². The van der Waals surface area contributed by atoms with Gasteiger partial charge in [-0.1, -0.05) is 20.8 Å². The van der Waals surface area contributed by atoms with Gasteiger partial charge in [-0.25, -0.2) is 9.78 Å². The summed E-state index contributed by atoms with van der Waals surface area (Å²) in [5.74, 6) is -1.18. The Hall–Kier alpha value is -3.09. The molecule has 1 amide bonds. The van der Waals surface area contributed by atoms with Crippen LogP contribution < -0.4 is 5.32 Å². The van der Waals surface area contributed by atoms with Crippen molar-refractivity contribution in [3.05, 3.63) is 53.6 Å². The molecule has 0 radical (unpaired) electrons. The van der Waals surface area contributed by atoms with Gasteiger partial charge >= 0.3 is 5.97 Å². The Morgan fingerprint density at radius 2 is 1.67 bits per heavy atom. The second-order valence-corrected chi connectivity index (χ2v) is 7.24. The lowest BCUT2D eigenvalue weighted by Crippen LogP contribution is -2.27. The van der Waals surface area contributed by atoms with Crippen LogP contribution >= 0.6 is 0 Å². The van der Waals surface area contributed by atoms with Crippen molar-refractivity contribution in [2.45, 2.75) is 40.7 Å². The molecule has 0 saturated heterocycles. The highest BCUT2D eigenvalue weighted by Crippen LogP contribution is 2.18. The SMILES string of the molecule is Cc1cnc(C(=O)OC(C)C(=O)c2ccc(NC(=O)C(C)(C)C)cc2)cn1. The molecule has 7 nitrogen and oxygen atoms in total. The van der Waals surface area contributed by atoms with Crippen LogP contribution in [0, 0.1) is 12.3 Å². The van der Waals surface area contributed by atoms with E-state index in [1.165, 1.54) is 19.3 Å². The zero-order chi connectivity index (χ0) is 20.2. The molecule has 0 bridgehead atoms. The molecule has 1 aromatic carbocycles. The third kappa shape index (κ3) is 5.44. The quantitative estimate of drug-likeness (QED) is 0.642. The maximum absolute atomic E-state index is 12.5. The molecule has 1 unspecified atom stereocenters. The molecule has 0 saturated carbocycles. The average molecular weight is 369 g/mol. The second kappa shape index (κ2) is 8.07. The fourth-order valence-electron chi connectivity index (χ4n) is 2.04. The largest absolute Gasteiger partial charge is 0.449 e. The molecule has 142 valence electrons. The van der Waals surface area contributed by atoms with E-state index >= 15 is 0 Å². The van der Waals surface area contributed by atoms with E-state index in [0.717, 1.165) is 0 Å². The van der Waals surface area contributed by atoms with Crippen LogP contribution in [0.3, 0.4) is 0 Å². The number of hydrogen-bond donors (Lipinski definition) is 1. The van der Waals surface area contributed by atoms with E-state index in [1.54, 1.807) is 31.2 Å². The zero-order valence-corrected chi connectivity index (χ0v) is 16.1. The van der Waals surface area contributed by atoms with Gasteiger partial charge in [0.25, 0.3) is 0 Å². The van der Waals surface area contributed by atoms with Crippen LogP contribution in [0.25, 0.3) is 0 Å². The maximum Gasteiger partial charge on any atom is 0.359 e. The summed E-state index contributed by atoms with van der Waals surface area (Å²) in [4.78, 5) is 44.4. The van der Waals surface area contributed by atoms with Crippen molar-refractivity contribution < 1.29 is 19.1 Å². The first kappa shape index (κ1) is 20.2. The lowest BCUT2D eigenvalue weighted by molar-refractivity contribution is -0.123. The number of carbonyl (C=O) groups is 3. The number of ether oxygens (including phenoxy) is 1. The van der Waals surface area contributed by atoms with Gasteiger partial charge in [0.15, 0.2) is 11.8 Å². The van der Waals surface area contributed by atoms with Crippen molar-refractivity contribution in [3.8, 4) is 0 Å². The Morgan fingerprint density at radius 1 is 1.04 bits per heavy atom. The van der Waals surface area contributed by atoms with E-state index in [-0.39, 0.29) is 17.4 Å². The highest BCUT2D eigenvalue weighted by molar-refractivity contribution is 6.02. The molecule has 1 N–H and O–H groups in total. The molecular formula is C20H23N3O4. The topological polar surface area (TPSA) is 98.2 Å². The summed E-state index contributed by atoms with van der Waals surface area (Å²) >= 11 is 0. The predicted octanol–water partition coefficient (Wildman–Crippen LogP) is 3.20. The molecule has 1 atom stereocenters. The normalized spacial score (nSPS) is 12.2. The molecule has 1 aromatic heterocycles. The van der Waals surface area contributed by atoms with E-state index in [1.807, 2.05) is 20.8 Å². The number of carbonyl (C=O) groups excluding carboxylic acids is 3. The first-order valence-corrected chi connectivity index (χ1v) is 8.53. The summed E-state index contributed by atoms with van der Waals surface area (Å²) in [7, 11) is 0. The highest BCUT2D eigenvalue weighted by Gasteiger charge is 2.23. The number of aryl methyl sites for hydroxylation is 1. The van der Waals surface area contributed by atoms with Crippen molar-refractivity contribution in [2.24, 2.45) is 5.41 Å². The molecule has 0 fully saturated rings. The van der Waals surface area contributed by atoms with Crippen molar-refractivity contribution in [3.63, 3.8) is 0 Å². The van der Waals surface area contributed by atoms with E-state index in [4.69, 9.17) is 4.74 Å². The summed E-state index contributed by atoms with van der Waals surface area (Å²) < 4.78 is 5.17. The number of amides is 1. The standard InChI is InChI=1S/C20H23N3O4/c1-12-10-22-16(11-21-12)18(25)27-13(2)17(24)14-6-8-15(9-7-14)23-19(26)20(3,4)5/h6-11,13H,1-5H3,(H,23,26). The number of esters is 1. The van der Waals surface area contributed by atoms with Gasteiger partial charge in [0.1, 0.15) is 0 Å². The molecular weight excluding hydrogens is 346 g/mol. The van der Waals surface area contributed by atoms with Crippen molar-refractivity contribution in [1.29, 1.82) is 0 Å². The maximum atomic E-state index is 12.5. The number of ketones is 1. The van der Waals surface area contributed by atoms with Gasteiger partial charge in [0, 0.05) is 22.9 Å². The molecule has 0 aliphatic rings. The van der Waals surface area contributed by atoms with Crippen LogP contribution in [0.4, 0.5) is 5.69 Å². The molecule has 0 spiro atoms. The third-order valence-corrected chi connectivity index (χ3v) is 3.75. The summed E-state index contributed by atoms with van der Waals surface area (Å²) in [6.45, 7) is 8.69. The summed E-state index contributed by atoms with van der Waals surface area (Å²) in [5.41, 5.74) is 1.16. The van der Waals surface area contributed by atoms with E-state index in [9.17, 15) is 14.4 Å². The zero-order valence-electron chi connectivity index (χ0n) is 16.1. The van der Waals surface area contributed by atoms with Gasteiger partial charge in [0.2, 0.25) is 11.7 Å². The molecule has 2 aromatic rings. The van der Waals surface area contributed by atoms with Crippen molar-refractivity contribution in [2.75, 3.05) is 5.32 Å². The van der Waals surface area contributed by atoms with Gasteiger partial charge in [-0.3, -0.25) is 14.6 Å². The number of nitrogens with zero attached hydrogens (tertiary/aromatic N) is 2. The second-order valence-electron chi connectivity index (χ2n) is 7.24. The van der Waals surface area contributed by atoms with E-state index in [2.05, 4.69) is 15.3 Å². The minimum atomic E-state index is -0.976. The summed E-state index contributed by atoms with van der Waals surface area (Å²) in [6.07, 6.45) is 1.78. The molecule has 27 heavy (non-hydrogen) atoms.